The molecule has 2 heterocycles. The average molecular weight is 224 g/mol. The molecular formula is C12H16O4. The molecular weight excluding hydrogens is 208 g/mol. The molecule has 4 aliphatic rings. The van der Waals surface area contributed by atoms with E-state index in [2.05, 4.69) is 0 Å². The van der Waals surface area contributed by atoms with Crippen molar-refractivity contribution < 1.29 is 19.0 Å². The Bertz CT molecular complexity index is 329. The van der Waals surface area contributed by atoms with Crippen LogP contribution in [0.15, 0.2) is 0 Å². The summed E-state index contributed by atoms with van der Waals surface area (Å²) in [6.45, 7) is 0. The first-order chi connectivity index (χ1) is 7.81. The average Bonchev–Trinajstić information content (AvgIpc) is 3.19. The van der Waals surface area contributed by atoms with Crippen LogP contribution in [0.25, 0.3) is 0 Å². The molecule has 0 spiro atoms. The van der Waals surface area contributed by atoms with Crippen molar-refractivity contribution in [3.63, 3.8) is 0 Å². The Morgan fingerprint density at radius 1 is 1.00 bits per heavy atom. The molecule has 0 N–H and O–H groups in total. The molecule has 2 aliphatic carbocycles. The van der Waals surface area contributed by atoms with Gasteiger partial charge in [-0.2, -0.15) is 0 Å². The molecule has 16 heavy (non-hydrogen) atoms. The SMILES string of the molecule is O=C(OC1CCC2OC12)C1CCC2OC2C1. The topological polar surface area (TPSA) is 51.4 Å². The highest BCUT2D eigenvalue weighted by Crippen LogP contribution is 2.43. The van der Waals surface area contributed by atoms with E-state index in [1.165, 1.54) is 0 Å². The van der Waals surface area contributed by atoms with Crippen LogP contribution >= 0.6 is 0 Å². The first kappa shape index (κ1) is 9.42. The molecule has 2 saturated carbocycles. The molecule has 0 amide bonds. The van der Waals surface area contributed by atoms with Gasteiger partial charge in [0.2, 0.25) is 0 Å². The molecule has 6 unspecified atom stereocenters. The van der Waals surface area contributed by atoms with Crippen LogP contribution in [0.3, 0.4) is 0 Å². The van der Waals surface area contributed by atoms with E-state index >= 15 is 0 Å². The summed E-state index contributed by atoms with van der Waals surface area (Å²) < 4.78 is 16.4. The number of rotatable bonds is 2. The quantitative estimate of drug-likeness (QED) is 0.519. The molecule has 4 heteroatoms. The lowest BCUT2D eigenvalue weighted by atomic mass is 9.89. The number of fused-ring (bicyclic) bond motifs is 2. The van der Waals surface area contributed by atoms with Crippen molar-refractivity contribution in [1.29, 1.82) is 0 Å². The summed E-state index contributed by atoms with van der Waals surface area (Å²) in [5.74, 6) is 0.0525. The van der Waals surface area contributed by atoms with Gasteiger partial charge in [-0.3, -0.25) is 4.79 Å². The van der Waals surface area contributed by atoms with Gasteiger partial charge in [0.25, 0.3) is 0 Å². The third-order valence-electron chi connectivity index (χ3n) is 4.33. The van der Waals surface area contributed by atoms with Gasteiger partial charge in [-0.15, -0.1) is 0 Å². The largest absolute Gasteiger partial charge is 0.459 e. The normalized spacial score (nSPS) is 52.8. The number of hydrogen-bond acceptors (Lipinski definition) is 4. The second-order valence-corrected chi connectivity index (χ2v) is 5.41. The minimum Gasteiger partial charge on any atom is -0.459 e. The van der Waals surface area contributed by atoms with Crippen molar-refractivity contribution in [1.82, 2.24) is 0 Å². The third kappa shape index (κ3) is 1.47. The van der Waals surface area contributed by atoms with Gasteiger partial charge in [0, 0.05) is 0 Å². The Kier molecular flexibility index (Phi) is 1.89. The molecule has 4 rings (SSSR count). The predicted molar refractivity (Wildman–Crippen MR) is 53.8 cm³/mol. The molecule has 4 fully saturated rings. The Labute approximate surface area is 94.2 Å². The summed E-state index contributed by atoms with van der Waals surface area (Å²) in [7, 11) is 0. The molecule has 2 saturated heterocycles. The minimum atomic E-state index is -0.0184. The van der Waals surface area contributed by atoms with Crippen LogP contribution in [0.5, 0.6) is 0 Å². The minimum absolute atomic E-state index is 0.0184. The summed E-state index contributed by atoms with van der Waals surface area (Å²) >= 11 is 0. The number of ether oxygens (including phenoxy) is 3. The van der Waals surface area contributed by atoms with Gasteiger partial charge >= 0.3 is 5.97 Å². The number of epoxide rings is 2. The van der Waals surface area contributed by atoms with Crippen molar-refractivity contribution in [2.45, 2.75) is 62.6 Å². The Morgan fingerprint density at radius 3 is 2.56 bits per heavy atom. The highest BCUT2D eigenvalue weighted by atomic mass is 16.6. The Balaban J connectivity index is 1.34. The van der Waals surface area contributed by atoms with Crippen molar-refractivity contribution in [3.05, 3.63) is 0 Å². The van der Waals surface area contributed by atoms with Gasteiger partial charge in [0.15, 0.2) is 0 Å². The van der Waals surface area contributed by atoms with Crippen LogP contribution in [0.2, 0.25) is 0 Å². The lowest BCUT2D eigenvalue weighted by Crippen LogP contribution is -2.29. The Hall–Kier alpha value is -0.610. The maximum atomic E-state index is 11.9. The molecule has 0 aromatic rings. The van der Waals surface area contributed by atoms with E-state index in [0.29, 0.717) is 18.3 Å². The predicted octanol–water partition coefficient (Wildman–Crippen LogP) is 1.03. The van der Waals surface area contributed by atoms with E-state index in [4.69, 9.17) is 14.2 Å². The summed E-state index contributed by atoms with van der Waals surface area (Å²) in [5.41, 5.74) is 0. The molecule has 4 nitrogen and oxygen atoms in total. The second-order valence-electron chi connectivity index (χ2n) is 5.41. The molecule has 6 atom stereocenters. The molecule has 88 valence electrons. The summed E-state index contributed by atoms with van der Waals surface area (Å²) in [6, 6.07) is 0. The zero-order valence-corrected chi connectivity index (χ0v) is 9.13. The number of hydrogen-bond donors (Lipinski definition) is 0. The fraction of sp³-hybridized carbons (Fsp3) is 0.917. The fourth-order valence-electron chi connectivity index (χ4n) is 3.20. The second kappa shape index (κ2) is 3.20. The van der Waals surface area contributed by atoms with Crippen molar-refractivity contribution in [2.24, 2.45) is 5.92 Å². The fourth-order valence-corrected chi connectivity index (χ4v) is 3.20. The van der Waals surface area contributed by atoms with Crippen LogP contribution in [0.1, 0.15) is 32.1 Å². The first-order valence-corrected chi connectivity index (χ1v) is 6.32. The van der Waals surface area contributed by atoms with Crippen molar-refractivity contribution in [3.8, 4) is 0 Å². The molecule has 0 radical (unpaired) electrons. The molecule has 2 aliphatic heterocycles. The molecule has 0 aromatic heterocycles. The monoisotopic (exact) mass is 224 g/mol. The third-order valence-corrected chi connectivity index (χ3v) is 4.33. The van der Waals surface area contributed by atoms with Gasteiger partial charge in [0.05, 0.1) is 24.2 Å². The van der Waals surface area contributed by atoms with Crippen LogP contribution < -0.4 is 0 Å². The highest BCUT2D eigenvalue weighted by Gasteiger charge is 2.53. The first-order valence-electron chi connectivity index (χ1n) is 6.32. The maximum Gasteiger partial charge on any atom is 0.309 e. The van der Waals surface area contributed by atoms with Crippen LogP contribution in [-0.4, -0.2) is 36.5 Å². The highest BCUT2D eigenvalue weighted by molar-refractivity contribution is 5.73. The van der Waals surface area contributed by atoms with Gasteiger partial charge in [-0.25, -0.2) is 0 Å². The van der Waals surface area contributed by atoms with E-state index in [1.807, 2.05) is 0 Å². The molecule has 0 bridgehead atoms. The Morgan fingerprint density at radius 2 is 1.88 bits per heavy atom. The van der Waals surface area contributed by atoms with Crippen LogP contribution in [0, 0.1) is 5.92 Å². The van der Waals surface area contributed by atoms with E-state index in [0.717, 1.165) is 32.1 Å². The van der Waals surface area contributed by atoms with E-state index < -0.39 is 0 Å². The van der Waals surface area contributed by atoms with Crippen LogP contribution in [0.4, 0.5) is 0 Å². The van der Waals surface area contributed by atoms with Gasteiger partial charge in [0.1, 0.15) is 12.2 Å². The number of esters is 1. The maximum absolute atomic E-state index is 11.9. The van der Waals surface area contributed by atoms with Gasteiger partial charge in [-0.1, -0.05) is 0 Å². The van der Waals surface area contributed by atoms with E-state index in [-0.39, 0.29) is 24.1 Å². The van der Waals surface area contributed by atoms with Crippen LogP contribution in [-0.2, 0) is 19.0 Å². The summed E-state index contributed by atoms with van der Waals surface area (Å²) in [6.07, 6.45) is 6.31. The lowest BCUT2D eigenvalue weighted by molar-refractivity contribution is -0.156. The number of carbonyl (C=O) groups excluding carboxylic acids is 1. The van der Waals surface area contributed by atoms with Gasteiger partial charge in [-0.05, 0) is 32.1 Å². The molecule has 0 aromatic carbocycles. The zero-order valence-electron chi connectivity index (χ0n) is 9.13. The summed E-state index contributed by atoms with van der Waals surface area (Å²) in [4.78, 5) is 11.9. The summed E-state index contributed by atoms with van der Waals surface area (Å²) in [5, 5.41) is 0. The van der Waals surface area contributed by atoms with E-state index in [1.54, 1.807) is 0 Å². The van der Waals surface area contributed by atoms with Gasteiger partial charge < -0.3 is 14.2 Å². The smallest absolute Gasteiger partial charge is 0.309 e. The number of carbonyl (C=O) groups is 1. The zero-order chi connectivity index (χ0) is 10.7. The standard InChI is InChI=1S/C12H16O4/c13-12(6-1-2-7-10(5-6)14-7)16-9-4-3-8-11(9)15-8/h6-11H,1-5H2. The lowest BCUT2D eigenvalue weighted by Gasteiger charge is -2.20. The van der Waals surface area contributed by atoms with E-state index in [9.17, 15) is 4.79 Å². The van der Waals surface area contributed by atoms with Crippen molar-refractivity contribution in [2.75, 3.05) is 0 Å². The van der Waals surface area contributed by atoms with Crippen molar-refractivity contribution >= 4 is 5.97 Å².